The van der Waals surface area contributed by atoms with Gasteiger partial charge in [-0.2, -0.15) is 0 Å². The van der Waals surface area contributed by atoms with Crippen LogP contribution in [-0.2, 0) is 13.1 Å². The molecular formula is C28H38N4O2. The van der Waals surface area contributed by atoms with Gasteiger partial charge in [-0.1, -0.05) is 49.4 Å². The molecule has 1 fully saturated rings. The molecule has 2 unspecified atom stereocenters. The Morgan fingerprint density at radius 2 is 1.71 bits per heavy atom. The molecule has 2 heterocycles. The van der Waals surface area contributed by atoms with E-state index in [1.165, 1.54) is 22.3 Å². The van der Waals surface area contributed by atoms with Crippen LogP contribution in [0.1, 0.15) is 54.2 Å². The fourth-order valence-corrected chi connectivity index (χ4v) is 5.40. The lowest BCUT2D eigenvalue weighted by atomic mass is 9.93. The number of hydroxylamine groups is 1. The van der Waals surface area contributed by atoms with Gasteiger partial charge in [0, 0.05) is 56.9 Å². The van der Waals surface area contributed by atoms with Crippen molar-refractivity contribution >= 4 is 11.5 Å². The quantitative estimate of drug-likeness (QED) is 0.481. The maximum atomic E-state index is 11.6. The van der Waals surface area contributed by atoms with Gasteiger partial charge in [-0.25, -0.2) is 5.48 Å². The van der Waals surface area contributed by atoms with Gasteiger partial charge in [0.05, 0.1) is 0 Å². The number of hydrogen-bond donors (Lipinski definition) is 2. The third-order valence-electron chi connectivity index (χ3n) is 7.36. The Morgan fingerprint density at radius 3 is 2.32 bits per heavy atom. The average Bonchev–Trinajstić information content (AvgIpc) is 2.86. The molecule has 6 heteroatoms. The van der Waals surface area contributed by atoms with Gasteiger partial charge in [0.15, 0.2) is 0 Å². The highest BCUT2D eigenvalue weighted by Crippen LogP contribution is 2.28. The van der Waals surface area contributed by atoms with Crippen molar-refractivity contribution in [2.45, 2.75) is 52.4 Å². The van der Waals surface area contributed by atoms with Gasteiger partial charge in [0.1, 0.15) is 0 Å². The summed E-state index contributed by atoms with van der Waals surface area (Å²) in [5.74, 6) is -0.477. The summed E-state index contributed by atoms with van der Waals surface area (Å²) in [7, 11) is 0. The largest absolute Gasteiger partial charge is 0.300 e. The maximum Gasteiger partial charge on any atom is 0.274 e. The number of likely N-dealkylation sites (N-methyl/N-ethyl adjacent to an activating group) is 1. The molecule has 0 aromatic heterocycles. The van der Waals surface area contributed by atoms with E-state index < -0.39 is 5.91 Å². The molecular weight excluding hydrogens is 424 g/mol. The van der Waals surface area contributed by atoms with Crippen LogP contribution in [0.25, 0.3) is 5.57 Å². The number of carbonyl (C=O) groups excluding carboxylic acids is 1. The zero-order chi connectivity index (χ0) is 24.1. The summed E-state index contributed by atoms with van der Waals surface area (Å²) in [6, 6.07) is 17.3. The molecule has 4 rings (SSSR count). The van der Waals surface area contributed by atoms with Crippen LogP contribution < -0.4 is 5.48 Å². The third kappa shape index (κ3) is 5.76. The van der Waals surface area contributed by atoms with E-state index in [-0.39, 0.29) is 0 Å². The number of benzene rings is 2. The van der Waals surface area contributed by atoms with Gasteiger partial charge in [0.2, 0.25) is 0 Å². The minimum atomic E-state index is -0.477. The highest BCUT2D eigenvalue weighted by Gasteiger charge is 2.30. The molecule has 0 spiro atoms. The Kier molecular flexibility index (Phi) is 8.16. The van der Waals surface area contributed by atoms with E-state index in [9.17, 15) is 4.79 Å². The number of nitrogens with one attached hydrogen (secondary N) is 1. The highest BCUT2D eigenvalue weighted by molar-refractivity contribution is 5.93. The van der Waals surface area contributed by atoms with Crippen LogP contribution in [0.2, 0.25) is 0 Å². The predicted molar refractivity (Wildman–Crippen MR) is 137 cm³/mol. The van der Waals surface area contributed by atoms with Crippen LogP contribution in [0.3, 0.4) is 0 Å². The maximum absolute atomic E-state index is 11.6. The first-order valence-corrected chi connectivity index (χ1v) is 12.5. The summed E-state index contributed by atoms with van der Waals surface area (Å²) in [5.41, 5.74) is 7.69. The van der Waals surface area contributed by atoms with Gasteiger partial charge in [0.25, 0.3) is 5.91 Å². The van der Waals surface area contributed by atoms with E-state index in [1.807, 2.05) is 12.1 Å². The SMILES string of the molecule is CCN1CC=C(c2ccccc2CN2C(C)CN(Cc3ccc(C(=O)NO)cc3)CC2C)CC1. The molecule has 2 atom stereocenters. The van der Waals surface area contributed by atoms with Crippen molar-refractivity contribution in [3.63, 3.8) is 0 Å². The molecule has 2 aliphatic rings. The smallest absolute Gasteiger partial charge is 0.274 e. The molecule has 182 valence electrons. The number of amides is 1. The molecule has 0 radical (unpaired) electrons. The molecule has 0 saturated carbocycles. The molecule has 2 aromatic carbocycles. The second-order valence-corrected chi connectivity index (χ2v) is 9.73. The van der Waals surface area contributed by atoms with Crippen LogP contribution in [0.5, 0.6) is 0 Å². The molecule has 0 bridgehead atoms. The van der Waals surface area contributed by atoms with Crippen LogP contribution in [0, 0.1) is 0 Å². The predicted octanol–water partition coefficient (Wildman–Crippen LogP) is 4.01. The van der Waals surface area contributed by atoms with E-state index in [4.69, 9.17) is 5.21 Å². The summed E-state index contributed by atoms with van der Waals surface area (Å²) in [4.78, 5) is 19.2. The van der Waals surface area contributed by atoms with Crippen LogP contribution in [0.4, 0.5) is 0 Å². The summed E-state index contributed by atoms with van der Waals surface area (Å²) in [5, 5.41) is 8.80. The first-order chi connectivity index (χ1) is 16.5. The second-order valence-electron chi connectivity index (χ2n) is 9.73. The minimum absolute atomic E-state index is 0.451. The lowest BCUT2D eigenvalue weighted by molar-refractivity contribution is 0.0290. The molecule has 2 aromatic rings. The van der Waals surface area contributed by atoms with Crippen molar-refractivity contribution in [2.24, 2.45) is 0 Å². The number of rotatable bonds is 7. The number of piperazine rings is 1. The fourth-order valence-electron chi connectivity index (χ4n) is 5.40. The number of nitrogens with zero attached hydrogens (tertiary/aromatic N) is 3. The van der Waals surface area contributed by atoms with E-state index in [1.54, 1.807) is 17.6 Å². The standard InChI is InChI=1S/C28H38N4O2/c1-4-30-15-13-24(14-16-30)27-8-6-5-7-26(27)20-32-21(2)17-31(18-22(32)3)19-23-9-11-25(12-10-23)28(33)29-34/h5-13,21-22,34H,4,14-20H2,1-3H3,(H,29,33). The Labute approximate surface area is 203 Å². The first kappa shape index (κ1) is 24.6. The summed E-state index contributed by atoms with van der Waals surface area (Å²) < 4.78 is 0. The molecule has 0 aliphatic carbocycles. The summed E-state index contributed by atoms with van der Waals surface area (Å²) >= 11 is 0. The Morgan fingerprint density at radius 1 is 1.00 bits per heavy atom. The normalized spacial score (nSPS) is 22.4. The van der Waals surface area contributed by atoms with Crippen molar-refractivity contribution in [1.29, 1.82) is 0 Å². The van der Waals surface area contributed by atoms with Crippen molar-refractivity contribution in [2.75, 3.05) is 32.7 Å². The third-order valence-corrected chi connectivity index (χ3v) is 7.36. The van der Waals surface area contributed by atoms with E-state index in [2.05, 4.69) is 65.8 Å². The van der Waals surface area contributed by atoms with Crippen LogP contribution in [-0.4, -0.2) is 70.6 Å². The van der Waals surface area contributed by atoms with Crippen LogP contribution >= 0.6 is 0 Å². The van der Waals surface area contributed by atoms with Gasteiger partial charge in [-0.3, -0.25) is 24.7 Å². The van der Waals surface area contributed by atoms with Crippen molar-refractivity contribution in [3.05, 3.63) is 76.9 Å². The second kappa shape index (κ2) is 11.3. The fraction of sp³-hybridized carbons (Fsp3) is 0.464. The number of hydrogen-bond acceptors (Lipinski definition) is 5. The molecule has 2 aliphatic heterocycles. The van der Waals surface area contributed by atoms with E-state index in [0.29, 0.717) is 17.6 Å². The minimum Gasteiger partial charge on any atom is -0.300 e. The first-order valence-electron chi connectivity index (χ1n) is 12.5. The van der Waals surface area contributed by atoms with E-state index >= 15 is 0 Å². The van der Waals surface area contributed by atoms with Gasteiger partial charge >= 0.3 is 0 Å². The molecule has 34 heavy (non-hydrogen) atoms. The van der Waals surface area contributed by atoms with Gasteiger partial charge in [-0.05, 0) is 61.2 Å². The lowest BCUT2D eigenvalue weighted by Gasteiger charge is -2.45. The van der Waals surface area contributed by atoms with E-state index in [0.717, 1.165) is 52.2 Å². The molecule has 1 amide bonds. The van der Waals surface area contributed by atoms with Gasteiger partial charge < -0.3 is 0 Å². The van der Waals surface area contributed by atoms with Crippen molar-refractivity contribution in [1.82, 2.24) is 20.2 Å². The summed E-state index contributed by atoms with van der Waals surface area (Å²) in [6.45, 7) is 14.1. The molecule has 6 nitrogen and oxygen atoms in total. The number of carbonyl (C=O) groups is 1. The topological polar surface area (TPSA) is 59.0 Å². The zero-order valence-electron chi connectivity index (χ0n) is 20.7. The Balaban J connectivity index is 1.40. The lowest BCUT2D eigenvalue weighted by Crippen LogP contribution is -2.55. The summed E-state index contributed by atoms with van der Waals surface area (Å²) in [6.07, 6.45) is 3.55. The molecule has 2 N–H and O–H groups in total. The van der Waals surface area contributed by atoms with Crippen molar-refractivity contribution < 1.29 is 10.0 Å². The Bertz CT molecular complexity index is 992. The Hall–Kier alpha value is -2.51. The highest BCUT2D eigenvalue weighted by atomic mass is 16.5. The van der Waals surface area contributed by atoms with Crippen molar-refractivity contribution in [3.8, 4) is 0 Å². The monoisotopic (exact) mass is 462 g/mol. The average molecular weight is 463 g/mol. The van der Waals surface area contributed by atoms with Gasteiger partial charge in [-0.15, -0.1) is 0 Å². The zero-order valence-corrected chi connectivity index (χ0v) is 20.7. The van der Waals surface area contributed by atoms with Crippen LogP contribution in [0.15, 0.2) is 54.6 Å². The molecule has 1 saturated heterocycles.